The number of aliphatic hydroxyl groups is 1. The standard InChI is InChI=1S/C17H26O4/c1-10(2)14-5-6-17(9-21-12(4)18)8-13(19)7-11(3)15(17)16(14)20/h7,10,14-16,20H,5-6,8-9H2,1-4H3/t14-,15-,16+,17-/m0/s1. The third-order valence-electron chi connectivity index (χ3n) is 5.24. The number of hydrogen-bond donors (Lipinski definition) is 1. The smallest absolute Gasteiger partial charge is 0.302 e. The van der Waals surface area contributed by atoms with Crippen molar-refractivity contribution in [1.29, 1.82) is 0 Å². The van der Waals surface area contributed by atoms with Gasteiger partial charge in [-0.1, -0.05) is 19.4 Å². The molecule has 21 heavy (non-hydrogen) atoms. The highest BCUT2D eigenvalue weighted by molar-refractivity contribution is 5.92. The van der Waals surface area contributed by atoms with Gasteiger partial charge in [0.15, 0.2) is 5.78 Å². The minimum atomic E-state index is -0.473. The van der Waals surface area contributed by atoms with E-state index in [1.54, 1.807) is 6.08 Å². The molecule has 1 N–H and O–H groups in total. The fraction of sp³-hybridized carbons (Fsp3) is 0.765. The Balaban J connectivity index is 2.34. The lowest BCUT2D eigenvalue weighted by atomic mass is 9.55. The molecule has 0 aromatic rings. The molecule has 0 spiro atoms. The average Bonchev–Trinajstić information content (AvgIpc) is 2.35. The fourth-order valence-corrected chi connectivity index (χ4v) is 4.27. The summed E-state index contributed by atoms with van der Waals surface area (Å²) in [5, 5.41) is 10.8. The van der Waals surface area contributed by atoms with E-state index in [0.717, 1.165) is 18.4 Å². The maximum atomic E-state index is 12.0. The highest BCUT2D eigenvalue weighted by Gasteiger charge is 2.53. The first-order valence-electron chi connectivity index (χ1n) is 7.79. The molecule has 0 saturated heterocycles. The van der Waals surface area contributed by atoms with Crippen molar-refractivity contribution in [3.63, 3.8) is 0 Å². The maximum Gasteiger partial charge on any atom is 0.302 e. The average molecular weight is 294 g/mol. The number of fused-ring (bicyclic) bond motifs is 1. The molecule has 1 saturated carbocycles. The molecule has 2 rings (SSSR count). The number of ketones is 1. The van der Waals surface area contributed by atoms with Crippen LogP contribution in [-0.2, 0) is 14.3 Å². The summed E-state index contributed by atoms with van der Waals surface area (Å²) in [4.78, 5) is 23.2. The molecule has 0 bridgehead atoms. The van der Waals surface area contributed by atoms with Gasteiger partial charge < -0.3 is 9.84 Å². The van der Waals surface area contributed by atoms with Gasteiger partial charge in [0.2, 0.25) is 0 Å². The second-order valence-corrected chi connectivity index (χ2v) is 7.09. The number of hydrogen-bond acceptors (Lipinski definition) is 4. The van der Waals surface area contributed by atoms with E-state index in [2.05, 4.69) is 13.8 Å². The normalized spacial score (nSPS) is 36.2. The Morgan fingerprint density at radius 3 is 2.76 bits per heavy atom. The molecule has 4 heteroatoms. The first kappa shape index (κ1) is 16.2. The number of carbonyl (C=O) groups is 2. The van der Waals surface area contributed by atoms with Crippen molar-refractivity contribution in [2.45, 2.75) is 53.1 Å². The SMILES string of the molecule is CC(=O)OC[C@@]12CC[C@@H](C(C)C)[C@@H](O)[C@@H]1C(C)=CC(=O)C2. The Morgan fingerprint density at radius 2 is 2.19 bits per heavy atom. The van der Waals surface area contributed by atoms with Crippen molar-refractivity contribution in [3.05, 3.63) is 11.6 Å². The minimum Gasteiger partial charge on any atom is -0.465 e. The predicted molar refractivity (Wildman–Crippen MR) is 79.5 cm³/mol. The van der Waals surface area contributed by atoms with Crippen molar-refractivity contribution in [3.8, 4) is 0 Å². The highest BCUT2D eigenvalue weighted by atomic mass is 16.5. The third-order valence-corrected chi connectivity index (χ3v) is 5.24. The number of aliphatic hydroxyl groups excluding tert-OH is 1. The van der Waals surface area contributed by atoms with Crippen LogP contribution in [0.15, 0.2) is 11.6 Å². The molecule has 1 fully saturated rings. The van der Waals surface area contributed by atoms with Gasteiger partial charge in [-0.25, -0.2) is 0 Å². The molecule has 0 aliphatic heterocycles. The van der Waals surface area contributed by atoms with Crippen molar-refractivity contribution in [2.75, 3.05) is 6.61 Å². The van der Waals surface area contributed by atoms with Crippen LogP contribution in [0.3, 0.4) is 0 Å². The van der Waals surface area contributed by atoms with Crippen molar-refractivity contribution >= 4 is 11.8 Å². The van der Waals surface area contributed by atoms with Crippen LogP contribution in [0.25, 0.3) is 0 Å². The summed E-state index contributed by atoms with van der Waals surface area (Å²) in [6, 6.07) is 0. The van der Waals surface area contributed by atoms with E-state index in [1.807, 2.05) is 6.92 Å². The van der Waals surface area contributed by atoms with Gasteiger partial charge in [0.25, 0.3) is 0 Å². The van der Waals surface area contributed by atoms with E-state index in [0.29, 0.717) is 12.3 Å². The largest absolute Gasteiger partial charge is 0.465 e. The summed E-state index contributed by atoms with van der Waals surface area (Å²) in [5.41, 5.74) is 0.503. The Bertz CT molecular complexity index is 465. The lowest BCUT2D eigenvalue weighted by molar-refractivity contribution is -0.155. The summed E-state index contributed by atoms with van der Waals surface area (Å²) in [6.07, 6.45) is 3.24. The van der Waals surface area contributed by atoms with Gasteiger partial charge in [0.05, 0.1) is 12.7 Å². The quantitative estimate of drug-likeness (QED) is 0.812. The molecule has 2 aliphatic carbocycles. The van der Waals surface area contributed by atoms with E-state index in [9.17, 15) is 14.7 Å². The zero-order valence-corrected chi connectivity index (χ0v) is 13.4. The van der Waals surface area contributed by atoms with Crippen LogP contribution in [0, 0.1) is 23.2 Å². The summed E-state index contributed by atoms with van der Waals surface area (Å²) < 4.78 is 5.25. The van der Waals surface area contributed by atoms with Crippen molar-refractivity contribution in [2.24, 2.45) is 23.2 Å². The van der Waals surface area contributed by atoms with Crippen molar-refractivity contribution < 1.29 is 19.4 Å². The van der Waals surface area contributed by atoms with Gasteiger partial charge in [-0.05, 0) is 37.7 Å². The molecule has 0 aromatic carbocycles. The molecule has 2 aliphatic rings. The maximum absolute atomic E-state index is 12.0. The van der Waals surface area contributed by atoms with Crippen LogP contribution < -0.4 is 0 Å². The third kappa shape index (κ3) is 3.05. The predicted octanol–water partition coefficient (Wildman–Crippen LogP) is 2.50. The van der Waals surface area contributed by atoms with Gasteiger partial charge >= 0.3 is 5.97 Å². The highest BCUT2D eigenvalue weighted by Crippen LogP contribution is 2.53. The van der Waals surface area contributed by atoms with Crippen molar-refractivity contribution in [1.82, 2.24) is 0 Å². The van der Waals surface area contributed by atoms with Gasteiger partial charge in [-0.3, -0.25) is 9.59 Å². The first-order valence-corrected chi connectivity index (χ1v) is 7.79. The van der Waals surface area contributed by atoms with Gasteiger partial charge in [0, 0.05) is 24.7 Å². The van der Waals surface area contributed by atoms with E-state index in [1.165, 1.54) is 6.92 Å². The van der Waals surface area contributed by atoms with E-state index >= 15 is 0 Å². The number of carbonyl (C=O) groups excluding carboxylic acids is 2. The Morgan fingerprint density at radius 1 is 1.52 bits per heavy atom. The Kier molecular flexibility index (Phi) is 4.57. The molecular formula is C17H26O4. The number of ether oxygens (including phenoxy) is 1. The van der Waals surface area contributed by atoms with Crippen LogP contribution >= 0.6 is 0 Å². The van der Waals surface area contributed by atoms with Crippen LogP contribution in [0.1, 0.15) is 47.0 Å². The molecule has 118 valence electrons. The number of rotatable bonds is 3. The summed E-state index contributed by atoms with van der Waals surface area (Å²) in [6.45, 7) is 7.77. The Labute approximate surface area is 126 Å². The van der Waals surface area contributed by atoms with E-state index in [-0.39, 0.29) is 30.2 Å². The lowest BCUT2D eigenvalue weighted by Crippen LogP contribution is -2.53. The molecule has 4 atom stereocenters. The molecule has 0 amide bonds. The van der Waals surface area contributed by atoms with Gasteiger partial charge in [-0.2, -0.15) is 0 Å². The molecule has 0 radical (unpaired) electrons. The molecule has 0 aromatic heterocycles. The first-order chi connectivity index (χ1) is 9.77. The van der Waals surface area contributed by atoms with Crippen LogP contribution in [-0.4, -0.2) is 29.6 Å². The summed E-state index contributed by atoms with van der Waals surface area (Å²) in [7, 11) is 0. The van der Waals surface area contributed by atoms with E-state index in [4.69, 9.17) is 4.74 Å². The second kappa shape index (κ2) is 5.91. The molecule has 0 heterocycles. The minimum absolute atomic E-state index is 0.0751. The zero-order valence-electron chi connectivity index (χ0n) is 13.4. The van der Waals surface area contributed by atoms with Gasteiger partial charge in [-0.15, -0.1) is 0 Å². The van der Waals surface area contributed by atoms with E-state index < -0.39 is 11.5 Å². The molecule has 0 unspecified atom stereocenters. The zero-order chi connectivity index (χ0) is 15.8. The number of allylic oxidation sites excluding steroid dienone is 1. The number of esters is 1. The second-order valence-electron chi connectivity index (χ2n) is 7.09. The summed E-state index contributed by atoms with van der Waals surface area (Å²) >= 11 is 0. The van der Waals surface area contributed by atoms with Crippen LogP contribution in [0.4, 0.5) is 0 Å². The molecular weight excluding hydrogens is 268 g/mol. The van der Waals surface area contributed by atoms with Gasteiger partial charge in [0.1, 0.15) is 0 Å². The lowest BCUT2D eigenvalue weighted by Gasteiger charge is -2.52. The fourth-order valence-electron chi connectivity index (χ4n) is 4.27. The topological polar surface area (TPSA) is 63.6 Å². The Hall–Kier alpha value is -1.16. The van der Waals surface area contributed by atoms with Crippen LogP contribution in [0.2, 0.25) is 0 Å². The monoisotopic (exact) mass is 294 g/mol. The molecule has 4 nitrogen and oxygen atoms in total. The summed E-state index contributed by atoms with van der Waals surface area (Å²) in [5.74, 6) is 0.291. The van der Waals surface area contributed by atoms with Crippen LogP contribution in [0.5, 0.6) is 0 Å².